The Kier molecular flexibility index (Phi) is 10.9. The number of phenolic OH excluding ortho intramolecular Hbond substituents is 1. The molecule has 8 nitrogen and oxygen atoms in total. The van der Waals surface area contributed by atoms with Crippen LogP contribution in [0.3, 0.4) is 0 Å². The number of amides is 3. The first kappa shape index (κ1) is 33.8. The largest absolute Gasteiger partial charge is 0.508 e. The molecule has 0 aliphatic rings. The summed E-state index contributed by atoms with van der Waals surface area (Å²) in [5.41, 5.74) is 1.91. The van der Waals surface area contributed by atoms with Crippen LogP contribution in [0.25, 0.3) is 16.8 Å². The highest BCUT2D eigenvalue weighted by atomic mass is 16.6. The third-order valence-corrected chi connectivity index (χ3v) is 7.69. The molecular weight excluding hydrogens is 578 g/mol. The van der Waals surface area contributed by atoms with Crippen molar-refractivity contribution in [3.63, 3.8) is 0 Å². The Balaban J connectivity index is 1.78. The zero-order valence-electron chi connectivity index (χ0n) is 27.1. The standard InChI is InChI=1S/C38H43N3O5/c1-7-25(3)41(36(44)33(40-37(45)46-38(4,5)6)23-27-16-20-32(42)21-17-27)34(30-15-11-12-26(8-2)22-30)35(43)39-31-19-18-28-13-9-10-14-29(28)24-31/h8-22,24-25,33-34,42H,2,7,23H2,1,3-6H3,(H,39,43)(H,40,45). The van der Waals surface area contributed by atoms with E-state index in [1.54, 1.807) is 43.9 Å². The van der Waals surface area contributed by atoms with Crippen molar-refractivity contribution in [1.82, 2.24) is 10.2 Å². The summed E-state index contributed by atoms with van der Waals surface area (Å²) in [7, 11) is 0. The zero-order chi connectivity index (χ0) is 33.4. The van der Waals surface area contributed by atoms with Gasteiger partial charge in [0.2, 0.25) is 5.91 Å². The molecule has 0 aliphatic heterocycles. The summed E-state index contributed by atoms with van der Waals surface area (Å²) in [6.07, 6.45) is 1.59. The van der Waals surface area contributed by atoms with Crippen LogP contribution in [0.15, 0.2) is 97.6 Å². The third-order valence-electron chi connectivity index (χ3n) is 7.69. The Bertz CT molecular complexity index is 1690. The molecular formula is C38H43N3O5. The summed E-state index contributed by atoms with van der Waals surface area (Å²) in [5.74, 6) is -0.762. The van der Waals surface area contributed by atoms with Crippen molar-refractivity contribution in [2.75, 3.05) is 5.32 Å². The molecule has 0 spiro atoms. The molecule has 0 heterocycles. The van der Waals surface area contributed by atoms with Crippen molar-refractivity contribution in [2.24, 2.45) is 0 Å². The predicted molar refractivity (Wildman–Crippen MR) is 183 cm³/mol. The minimum Gasteiger partial charge on any atom is -0.508 e. The molecule has 8 heteroatoms. The van der Waals surface area contributed by atoms with Gasteiger partial charge in [-0.2, -0.15) is 0 Å². The summed E-state index contributed by atoms with van der Waals surface area (Å²) in [4.78, 5) is 43.7. The highest BCUT2D eigenvalue weighted by Gasteiger charge is 2.38. The van der Waals surface area contributed by atoms with E-state index < -0.39 is 41.6 Å². The van der Waals surface area contributed by atoms with E-state index in [0.717, 1.165) is 16.3 Å². The molecule has 0 radical (unpaired) electrons. The normalized spacial score (nSPS) is 13.2. The van der Waals surface area contributed by atoms with E-state index in [0.29, 0.717) is 23.2 Å². The Morgan fingerprint density at radius 1 is 0.935 bits per heavy atom. The second-order valence-corrected chi connectivity index (χ2v) is 12.4. The summed E-state index contributed by atoms with van der Waals surface area (Å²) in [6, 6.07) is 24.8. The number of nitrogens with zero attached hydrogens (tertiary/aromatic N) is 1. The van der Waals surface area contributed by atoms with Gasteiger partial charge in [0.05, 0.1) is 0 Å². The van der Waals surface area contributed by atoms with E-state index in [4.69, 9.17) is 4.74 Å². The first-order valence-corrected chi connectivity index (χ1v) is 15.5. The average molecular weight is 622 g/mol. The van der Waals surface area contributed by atoms with E-state index in [1.807, 2.05) is 80.6 Å². The maximum absolute atomic E-state index is 14.7. The SMILES string of the molecule is C=Cc1cccc(C(C(=O)Nc2ccc3ccccc3c2)N(C(=O)C(Cc2ccc(O)cc2)NC(=O)OC(C)(C)C)C(C)CC)c1. The van der Waals surface area contributed by atoms with Crippen LogP contribution in [-0.4, -0.2) is 45.6 Å². The summed E-state index contributed by atoms with van der Waals surface area (Å²) in [6.45, 7) is 13.0. The number of rotatable bonds is 11. The van der Waals surface area contributed by atoms with Crippen LogP contribution in [-0.2, 0) is 20.7 Å². The van der Waals surface area contributed by atoms with Crippen LogP contribution in [0, 0.1) is 0 Å². The summed E-state index contributed by atoms with van der Waals surface area (Å²) in [5, 5.41) is 17.7. The molecule has 240 valence electrons. The van der Waals surface area contributed by atoms with Gasteiger partial charge in [0.25, 0.3) is 5.91 Å². The highest BCUT2D eigenvalue weighted by molar-refractivity contribution is 6.00. The number of fused-ring (bicyclic) bond motifs is 1. The van der Waals surface area contributed by atoms with Crippen molar-refractivity contribution in [3.8, 4) is 5.75 Å². The molecule has 0 bridgehead atoms. The van der Waals surface area contributed by atoms with Crippen molar-refractivity contribution in [2.45, 2.75) is 71.2 Å². The molecule has 0 fully saturated rings. The molecule has 4 aromatic carbocycles. The van der Waals surface area contributed by atoms with Crippen LogP contribution in [0.2, 0.25) is 0 Å². The van der Waals surface area contributed by atoms with Crippen molar-refractivity contribution in [1.29, 1.82) is 0 Å². The van der Waals surface area contributed by atoms with Gasteiger partial charge >= 0.3 is 6.09 Å². The number of benzene rings is 4. The average Bonchev–Trinajstić information content (AvgIpc) is 3.02. The predicted octanol–water partition coefficient (Wildman–Crippen LogP) is 7.63. The molecule has 0 saturated heterocycles. The molecule has 46 heavy (non-hydrogen) atoms. The highest BCUT2D eigenvalue weighted by Crippen LogP contribution is 2.30. The lowest BCUT2D eigenvalue weighted by molar-refractivity contribution is -0.143. The van der Waals surface area contributed by atoms with E-state index in [-0.39, 0.29) is 12.2 Å². The number of carbonyl (C=O) groups excluding carboxylic acids is 3. The number of ether oxygens (including phenoxy) is 1. The number of alkyl carbamates (subject to hydrolysis) is 1. The molecule has 4 aromatic rings. The second kappa shape index (κ2) is 14.8. The molecule has 0 aromatic heterocycles. The first-order valence-electron chi connectivity index (χ1n) is 15.5. The molecule has 0 aliphatic carbocycles. The van der Waals surface area contributed by atoms with Gasteiger partial charge in [-0.3, -0.25) is 9.59 Å². The Hall–Kier alpha value is -5.11. The molecule has 4 rings (SSSR count). The van der Waals surface area contributed by atoms with E-state index in [2.05, 4.69) is 17.2 Å². The van der Waals surface area contributed by atoms with Gasteiger partial charge in [-0.15, -0.1) is 0 Å². The van der Waals surface area contributed by atoms with Gasteiger partial charge in [0, 0.05) is 18.2 Å². The van der Waals surface area contributed by atoms with E-state index >= 15 is 0 Å². The molecule has 3 amide bonds. The fraction of sp³-hybridized carbons (Fsp3) is 0.289. The number of anilines is 1. The smallest absolute Gasteiger partial charge is 0.408 e. The Morgan fingerprint density at radius 2 is 1.63 bits per heavy atom. The lowest BCUT2D eigenvalue weighted by Gasteiger charge is -2.38. The van der Waals surface area contributed by atoms with Gasteiger partial charge in [-0.05, 0) is 91.9 Å². The van der Waals surface area contributed by atoms with Gasteiger partial charge in [-0.1, -0.05) is 80.2 Å². The van der Waals surface area contributed by atoms with Crippen LogP contribution < -0.4 is 10.6 Å². The van der Waals surface area contributed by atoms with Crippen LogP contribution in [0.5, 0.6) is 5.75 Å². The number of hydrogen-bond acceptors (Lipinski definition) is 5. The lowest BCUT2D eigenvalue weighted by atomic mass is 9.96. The van der Waals surface area contributed by atoms with E-state index in [9.17, 15) is 19.5 Å². The molecule has 3 unspecified atom stereocenters. The fourth-order valence-electron chi connectivity index (χ4n) is 5.27. The van der Waals surface area contributed by atoms with Crippen LogP contribution in [0.1, 0.15) is 63.8 Å². The second-order valence-electron chi connectivity index (χ2n) is 12.4. The summed E-state index contributed by atoms with van der Waals surface area (Å²) >= 11 is 0. The van der Waals surface area contributed by atoms with Crippen LogP contribution >= 0.6 is 0 Å². The maximum Gasteiger partial charge on any atom is 0.408 e. The fourth-order valence-corrected chi connectivity index (χ4v) is 5.27. The van der Waals surface area contributed by atoms with Gasteiger partial charge < -0.3 is 25.4 Å². The molecule has 3 atom stereocenters. The number of aromatic hydroxyl groups is 1. The minimum absolute atomic E-state index is 0.0838. The van der Waals surface area contributed by atoms with Crippen LogP contribution in [0.4, 0.5) is 10.5 Å². The van der Waals surface area contributed by atoms with Crippen molar-refractivity contribution >= 4 is 40.4 Å². The Labute approximate surface area is 271 Å². The quantitative estimate of drug-likeness (QED) is 0.160. The van der Waals surface area contributed by atoms with E-state index in [1.165, 1.54) is 12.1 Å². The van der Waals surface area contributed by atoms with Crippen molar-refractivity contribution in [3.05, 3.63) is 114 Å². The topological polar surface area (TPSA) is 108 Å². The molecule has 0 saturated carbocycles. The van der Waals surface area contributed by atoms with Gasteiger partial charge in [0.1, 0.15) is 23.4 Å². The maximum atomic E-state index is 14.7. The lowest BCUT2D eigenvalue weighted by Crippen LogP contribution is -2.55. The molecule has 3 N–H and O–H groups in total. The third kappa shape index (κ3) is 8.75. The number of phenols is 1. The minimum atomic E-state index is -1.08. The number of nitrogens with one attached hydrogen (secondary N) is 2. The Morgan fingerprint density at radius 3 is 2.28 bits per heavy atom. The van der Waals surface area contributed by atoms with Gasteiger partial charge in [0.15, 0.2) is 0 Å². The number of carbonyl (C=O) groups is 3. The monoisotopic (exact) mass is 621 g/mol. The van der Waals surface area contributed by atoms with Gasteiger partial charge in [-0.25, -0.2) is 4.79 Å². The van der Waals surface area contributed by atoms with Crippen molar-refractivity contribution < 1.29 is 24.2 Å². The first-order chi connectivity index (χ1) is 21.9. The zero-order valence-corrected chi connectivity index (χ0v) is 27.1. The summed E-state index contributed by atoms with van der Waals surface area (Å²) < 4.78 is 5.53. The number of hydrogen-bond donors (Lipinski definition) is 3.